The molecule has 1 rings (SSSR count). The SMILES string of the molecule is CCCC(C)(NC(C)c1ccsc1)C(=O)O. The van der Waals surface area contributed by atoms with E-state index in [4.69, 9.17) is 0 Å². The largest absolute Gasteiger partial charge is 0.480 e. The van der Waals surface area contributed by atoms with Crippen LogP contribution in [0.3, 0.4) is 0 Å². The first-order valence-corrected chi connectivity index (χ1v) is 6.47. The molecule has 2 atom stereocenters. The standard InChI is InChI=1S/C12H19NO2S/c1-4-6-12(3,11(14)15)13-9(2)10-5-7-16-8-10/h5,7-9,13H,4,6H2,1-3H3,(H,14,15). The fraction of sp³-hybridized carbons (Fsp3) is 0.583. The molecular formula is C12H19NO2S. The Morgan fingerprint density at radius 1 is 1.69 bits per heavy atom. The summed E-state index contributed by atoms with van der Waals surface area (Å²) in [4.78, 5) is 11.3. The van der Waals surface area contributed by atoms with E-state index in [9.17, 15) is 9.90 Å². The molecule has 0 saturated carbocycles. The number of thiophene rings is 1. The predicted octanol–water partition coefficient (Wildman–Crippen LogP) is 3.04. The molecule has 0 aromatic carbocycles. The van der Waals surface area contributed by atoms with Crippen molar-refractivity contribution in [1.29, 1.82) is 0 Å². The fourth-order valence-corrected chi connectivity index (χ4v) is 2.58. The van der Waals surface area contributed by atoms with Gasteiger partial charge in [-0.25, -0.2) is 0 Å². The highest BCUT2D eigenvalue weighted by Gasteiger charge is 2.33. The summed E-state index contributed by atoms with van der Waals surface area (Å²) in [5.74, 6) is -0.781. The number of carboxylic acid groups (broad SMARTS) is 1. The number of carboxylic acids is 1. The fourth-order valence-electron chi connectivity index (χ4n) is 1.82. The normalized spacial score (nSPS) is 16.7. The second-order valence-corrected chi connectivity index (χ2v) is 5.09. The molecule has 0 fully saturated rings. The zero-order chi connectivity index (χ0) is 12.2. The van der Waals surface area contributed by atoms with E-state index in [2.05, 4.69) is 5.32 Å². The minimum Gasteiger partial charge on any atom is -0.480 e. The molecule has 0 bridgehead atoms. The molecular weight excluding hydrogens is 222 g/mol. The van der Waals surface area contributed by atoms with E-state index >= 15 is 0 Å². The van der Waals surface area contributed by atoms with Crippen LogP contribution in [-0.2, 0) is 4.79 Å². The van der Waals surface area contributed by atoms with Crippen LogP contribution in [-0.4, -0.2) is 16.6 Å². The van der Waals surface area contributed by atoms with Gasteiger partial charge in [0.25, 0.3) is 0 Å². The third kappa shape index (κ3) is 3.06. The van der Waals surface area contributed by atoms with E-state index in [0.29, 0.717) is 6.42 Å². The molecule has 0 radical (unpaired) electrons. The van der Waals surface area contributed by atoms with Crippen molar-refractivity contribution in [3.05, 3.63) is 22.4 Å². The quantitative estimate of drug-likeness (QED) is 0.804. The minimum atomic E-state index is -0.837. The first-order valence-electron chi connectivity index (χ1n) is 5.53. The molecule has 0 amide bonds. The van der Waals surface area contributed by atoms with Crippen LogP contribution in [0.5, 0.6) is 0 Å². The summed E-state index contributed by atoms with van der Waals surface area (Å²) < 4.78 is 0. The van der Waals surface area contributed by atoms with E-state index in [1.165, 1.54) is 0 Å². The molecule has 0 aliphatic rings. The van der Waals surface area contributed by atoms with Gasteiger partial charge in [0, 0.05) is 6.04 Å². The average Bonchev–Trinajstić information content (AvgIpc) is 2.70. The Labute approximate surface area is 100 Å². The zero-order valence-corrected chi connectivity index (χ0v) is 10.8. The van der Waals surface area contributed by atoms with Crippen molar-refractivity contribution >= 4 is 17.3 Å². The molecule has 1 aromatic heterocycles. The maximum atomic E-state index is 11.3. The molecule has 1 aromatic rings. The van der Waals surface area contributed by atoms with Crippen molar-refractivity contribution in [2.24, 2.45) is 0 Å². The lowest BCUT2D eigenvalue weighted by Crippen LogP contribution is -2.50. The van der Waals surface area contributed by atoms with Crippen LogP contribution in [0.25, 0.3) is 0 Å². The molecule has 16 heavy (non-hydrogen) atoms. The van der Waals surface area contributed by atoms with Crippen molar-refractivity contribution in [2.75, 3.05) is 0 Å². The van der Waals surface area contributed by atoms with E-state index in [1.807, 2.05) is 30.7 Å². The molecule has 0 saturated heterocycles. The van der Waals surface area contributed by atoms with Crippen molar-refractivity contribution in [1.82, 2.24) is 5.32 Å². The van der Waals surface area contributed by atoms with Crippen LogP contribution < -0.4 is 5.32 Å². The summed E-state index contributed by atoms with van der Waals surface area (Å²) in [6, 6.07) is 2.09. The summed E-state index contributed by atoms with van der Waals surface area (Å²) >= 11 is 1.63. The molecule has 3 nitrogen and oxygen atoms in total. The monoisotopic (exact) mass is 241 g/mol. The minimum absolute atomic E-state index is 0.0684. The molecule has 0 aliphatic heterocycles. The first-order chi connectivity index (χ1) is 7.49. The third-order valence-corrected chi connectivity index (χ3v) is 3.50. The van der Waals surface area contributed by atoms with Gasteiger partial charge in [0.1, 0.15) is 5.54 Å². The van der Waals surface area contributed by atoms with Gasteiger partial charge in [-0.2, -0.15) is 11.3 Å². The molecule has 2 N–H and O–H groups in total. The van der Waals surface area contributed by atoms with Gasteiger partial charge in [0.15, 0.2) is 0 Å². The van der Waals surface area contributed by atoms with E-state index in [0.717, 1.165) is 12.0 Å². The Balaban J connectivity index is 2.72. The van der Waals surface area contributed by atoms with Crippen molar-refractivity contribution in [3.8, 4) is 0 Å². The second-order valence-electron chi connectivity index (χ2n) is 4.31. The molecule has 0 aliphatic carbocycles. The number of nitrogens with one attached hydrogen (secondary N) is 1. The number of hydrogen-bond donors (Lipinski definition) is 2. The Hall–Kier alpha value is -0.870. The first kappa shape index (κ1) is 13.2. The van der Waals surface area contributed by atoms with E-state index in [1.54, 1.807) is 18.3 Å². The highest BCUT2D eigenvalue weighted by molar-refractivity contribution is 7.07. The lowest BCUT2D eigenvalue weighted by molar-refractivity contribution is -0.144. The Bertz CT molecular complexity index is 337. The van der Waals surface area contributed by atoms with E-state index in [-0.39, 0.29) is 6.04 Å². The molecule has 4 heteroatoms. The van der Waals surface area contributed by atoms with Crippen molar-refractivity contribution < 1.29 is 9.90 Å². The van der Waals surface area contributed by atoms with Gasteiger partial charge in [-0.3, -0.25) is 10.1 Å². The Morgan fingerprint density at radius 2 is 2.38 bits per heavy atom. The molecule has 2 unspecified atom stereocenters. The lowest BCUT2D eigenvalue weighted by atomic mass is 9.94. The van der Waals surface area contributed by atoms with Crippen LogP contribution in [0.2, 0.25) is 0 Å². The summed E-state index contributed by atoms with van der Waals surface area (Å²) in [6.45, 7) is 5.75. The van der Waals surface area contributed by atoms with Gasteiger partial charge in [0.05, 0.1) is 0 Å². The van der Waals surface area contributed by atoms with Crippen LogP contribution in [0.4, 0.5) is 0 Å². The third-order valence-electron chi connectivity index (χ3n) is 2.80. The topological polar surface area (TPSA) is 49.3 Å². The smallest absolute Gasteiger partial charge is 0.323 e. The highest BCUT2D eigenvalue weighted by atomic mass is 32.1. The molecule has 1 heterocycles. The maximum absolute atomic E-state index is 11.3. The van der Waals surface area contributed by atoms with Gasteiger partial charge in [-0.1, -0.05) is 13.3 Å². The Kier molecular flexibility index (Phi) is 4.50. The molecule has 0 spiro atoms. The van der Waals surface area contributed by atoms with Gasteiger partial charge < -0.3 is 5.11 Å². The van der Waals surface area contributed by atoms with Gasteiger partial charge in [0.2, 0.25) is 0 Å². The summed E-state index contributed by atoms with van der Waals surface area (Å²) in [5.41, 5.74) is 0.310. The van der Waals surface area contributed by atoms with Crippen molar-refractivity contribution in [3.63, 3.8) is 0 Å². The highest BCUT2D eigenvalue weighted by Crippen LogP contribution is 2.22. The van der Waals surface area contributed by atoms with Crippen molar-refractivity contribution in [2.45, 2.75) is 45.2 Å². The maximum Gasteiger partial charge on any atom is 0.323 e. The van der Waals surface area contributed by atoms with Gasteiger partial charge in [-0.05, 0) is 42.7 Å². The number of aliphatic carboxylic acids is 1. The second kappa shape index (κ2) is 5.46. The van der Waals surface area contributed by atoms with Gasteiger partial charge in [-0.15, -0.1) is 0 Å². The average molecular weight is 241 g/mol. The zero-order valence-electron chi connectivity index (χ0n) is 9.99. The van der Waals surface area contributed by atoms with Crippen LogP contribution in [0.15, 0.2) is 16.8 Å². The van der Waals surface area contributed by atoms with Crippen LogP contribution in [0, 0.1) is 0 Å². The van der Waals surface area contributed by atoms with E-state index < -0.39 is 11.5 Å². The summed E-state index contributed by atoms with van der Waals surface area (Å²) in [5, 5.41) is 16.5. The number of rotatable bonds is 6. The Morgan fingerprint density at radius 3 is 2.81 bits per heavy atom. The lowest BCUT2D eigenvalue weighted by Gasteiger charge is -2.29. The predicted molar refractivity (Wildman–Crippen MR) is 66.8 cm³/mol. The van der Waals surface area contributed by atoms with Crippen LogP contribution >= 0.6 is 11.3 Å². The molecule has 90 valence electrons. The summed E-state index contributed by atoms with van der Waals surface area (Å²) in [6.07, 6.45) is 1.49. The van der Waals surface area contributed by atoms with Crippen LogP contribution in [0.1, 0.15) is 45.2 Å². The number of carbonyl (C=O) groups is 1. The summed E-state index contributed by atoms with van der Waals surface area (Å²) in [7, 11) is 0. The van der Waals surface area contributed by atoms with Gasteiger partial charge >= 0.3 is 5.97 Å². The number of hydrogen-bond acceptors (Lipinski definition) is 3.